The standard InChI is InChI=1S/C25H18N8/c1-14-5-16(9-27-7-14)19-6-17-21(12-29-19)33-13-22(33)31-24(17)25-30-20-11-28-10-18(23(20)32-25)15-3-2-4-26-8-15/h2-12,22H,13H2,1H3,(H,30,32). The van der Waals surface area contributed by atoms with Crippen LogP contribution in [0.2, 0.25) is 0 Å². The van der Waals surface area contributed by atoms with Crippen molar-refractivity contribution in [3.63, 3.8) is 0 Å². The fraction of sp³-hybridized carbons (Fsp3) is 0.120. The average Bonchev–Trinajstić information content (AvgIpc) is 3.52. The van der Waals surface area contributed by atoms with Gasteiger partial charge in [0, 0.05) is 53.2 Å². The summed E-state index contributed by atoms with van der Waals surface area (Å²) < 4.78 is 0. The van der Waals surface area contributed by atoms with Crippen LogP contribution in [0.5, 0.6) is 0 Å². The summed E-state index contributed by atoms with van der Waals surface area (Å²) in [4.78, 5) is 33.4. The Labute approximate surface area is 189 Å². The number of aliphatic imine (C=N–C) groups is 1. The fourth-order valence-electron chi connectivity index (χ4n) is 4.40. The van der Waals surface area contributed by atoms with Gasteiger partial charge in [-0.15, -0.1) is 0 Å². The van der Waals surface area contributed by atoms with Gasteiger partial charge < -0.3 is 9.88 Å². The summed E-state index contributed by atoms with van der Waals surface area (Å²) in [6.45, 7) is 2.93. The molecule has 5 aromatic rings. The Balaban J connectivity index is 1.38. The number of fused-ring (bicyclic) bond motifs is 4. The Morgan fingerprint density at radius 2 is 1.85 bits per heavy atom. The number of nitrogens with zero attached hydrogens (tertiary/aromatic N) is 7. The van der Waals surface area contributed by atoms with Crippen LogP contribution in [0, 0.1) is 6.92 Å². The molecule has 158 valence electrons. The summed E-state index contributed by atoms with van der Waals surface area (Å²) in [5.41, 5.74) is 9.54. The van der Waals surface area contributed by atoms with Crippen molar-refractivity contribution in [3.05, 3.63) is 84.6 Å². The second-order valence-corrected chi connectivity index (χ2v) is 8.36. The van der Waals surface area contributed by atoms with E-state index in [4.69, 9.17) is 15.0 Å². The lowest BCUT2D eigenvalue weighted by molar-refractivity contribution is 1.03. The highest BCUT2D eigenvalue weighted by molar-refractivity contribution is 6.17. The quantitative estimate of drug-likeness (QED) is 0.438. The van der Waals surface area contributed by atoms with Crippen LogP contribution in [0.15, 0.2) is 72.6 Å². The molecule has 0 saturated carbocycles. The van der Waals surface area contributed by atoms with Crippen LogP contribution >= 0.6 is 0 Å². The first-order valence-corrected chi connectivity index (χ1v) is 10.8. The molecule has 2 aliphatic rings. The van der Waals surface area contributed by atoms with E-state index in [1.165, 1.54) is 0 Å². The van der Waals surface area contributed by atoms with E-state index in [0.29, 0.717) is 0 Å². The number of H-pyrrole nitrogens is 1. The highest BCUT2D eigenvalue weighted by Crippen LogP contribution is 2.39. The van der Waals surface area contributed by atoms with Gasteiger partial charge in [0.1, 0.15) is 17.4 Å². The molecule has 1 atom stereocenters. The van der Waals surface area contributed by atoms with E-state index in [9.17, 15) is 0 Å². The molecule has 0 bridgehead atoms. The van der Waals surface area contributed by atoms with Gasteiger partial charge >= 0.3 is 0 Å². The lowest BCUT2D eigenvalue weighted by Crippen LogP contribution is -2.17. The first-order chi connectivity index (χ1) is 16.2. The van der Waals surface area contributed by atoms with E-state index < -0.39 is 0 Å². The number of aromatic amines is 1. The van der Waals surface area contributed by atoms with Gasteiger partial charge in [-0.3, -0.25) is 24.9 Å². The van der Waals surface area contributed by atoms with Crippen LogP contribution < -0.4 is 4.90 Å². The molecule has 8 heteroatoms. The van der Waals surface area contributed by atoms with Crippen LogP contribution in [0.25, 0.3) is 33.4 Å². The summed E-state index contributed by atoms with van der Waals surface area (Å²) in [5, 5.41) is 0. The molecule has 2 aliphatic heterocycles. The maximum absolute atomic E-state index is 4.99. The molecule has 1 saturated heterocycles. The number of aryl methyl sites for hydroxylation is 1. The minimum absolute atomic E-state index is 0.143. The number of pyridine rings is 4. The number of hydrogen-bond donors (Lipinski definition) is 1. The Morgan fingerprint density at radius 1 is 0.939 bits per heavy atom. The van der Waals surface area contributed by atoms with Gasteiger partial charge in [-0.2, -0.15) is 0 Å². The molecule has 1 N–H and O–H groups in total. The lowest BCUT2D eigenvalue weighted by atomic mass is 10.0. The predicted octanol–water partition coefficient (Wildman–Crippen LogP) is 3.78. The summed E-state index contributed by atoms with van der Waals surface area (Å²) in [6, 6.07) is 8.11. The monoisotopic (exact) mass is 430 g/mol. The summed E-state index contributed by atoms with van der Waals surface area (Å²) in [6.07, 6.45) is 13.0. The van der Waals surface area contributed by atoms with Crippen molar-refractivity contribution < 1.29 is 0 Å². The van der Waals surface area contributed by atoms with E-state index in [0.717, 1.165) is 68.3 Å². The summed E-state index contributed by atoms with van der Waals surface area (Å²) in [7, 11) is 0. The highest BCUT2D eigenvalue weighted by atomic mass is 15.4. The number of imidazole rings is 1. The van der Waals surface area contributed by atoms with Gasteiger partial charge in [-0.05, 0) is 30.7 Å². The number of aromatic nitrogens is 6. The van der Waals surface area contributed by atoms with Crippen LogP contribution in [-0.4, -0.2) is 48.3 Å². The molecule has 0 aromatic carbocycles. The van der Waals surface area contributed by atoms with Gasteiger partial charge in [0.2, 0.25) is 0 Å². The maximum atomic E-state index is 4.99. The Kier molecular flexibility index (Phi) is 3.72. The first kappa shape index (κ1) is 18.1. The van der Waals surface area contributed by atoms with Gasteiger partial charge in [-0.1, -0.05) is 6.07 Å². The zero-order chi connectivity index (χ0) is 21.9. The second kappa shape index (κ2) is 6.77. The molecule has 1 unspecified atom stereocenters. The van der Waals surface area contributed by atoms with Crippen LogP contribution in [-0.2, 0) is 0 Å². The zero-order valence-electron chi connectivity index (χ0n) is 17.8. The largest absolute Gasteiger partial charge is 0.342 e. The van der Waals surface area contributed by atoms with Crippen molar-refractivity contribution in [2.45, 2.75) is 13.1 Å². The molecular weight excluding hydrogens is 412 g/mol. The molecule has 33 heavy (non-hydrogen) atoms. The normalized spacial score (nSPS) is 16.3. The minimum Gasteiger partial charge on any atom is -0.342 e. The molecule has 7 rings (SSSR count). The molecule has 7 heterocycles. The lowest BCUT2D eigenvalue weighted by Gasteiger charge is -2.17. The zero-order valence-corrected chi connectivity index (χ0v) is 17.8. The van der Waals surface area contributed by atoms with Crippen LogP contribution in [0.3, 0.4) is 0 Å². The fourth-order valence-corrected chi connectivity index (χ4v) is 4.40. The van der Waals surface area contributed by atoms with E-state index in [1.807, 2.05) is 50.0 Å². The van der Waals surface area contributed by atoms with Crippen molar-refractivity contribution >= 4 is 22.4 Å². The van der Waals surface area contributed by atoms with E-state index >= 15 is 0 Å². The summed E-state index contributed by atoms with van der Waals surface area (Å²) >= 11 is 0. The van der Waals surface area contributed by atoms with Gasteiger partial charge in [0.05, 0.1) is 35.8 Å². The van der Waals surface area contributed by atoms with Gasteiger partial charge in [0.15, 0.2) is 5.82 Å². The Morgan fingerprint density at radius 3 is 2.73 bits per heavy atom. The number of nitrogens with one attached hydrogen (secondary N) is 1. The van der Waals surface area contributed by atoms with E-state index in [-0.39, 0.29) is 6.17 Å². The smallest absolute Gasteiger partial charge is 0.157 e. The van der Waals surface area contributed by atoms with Gasteiger partial charge in [-0.25, -0.2) is 4.98 Å². The Bertz CT molecular complexity index is 1570. The van der Waals surface area contributed by atoms with Crippen molar-refractivity contribution in [1.29, 1.82) is 0 Å². The van der Waals surface area contributed by atoms with Crippen molar-refractivity contribution in [3.8, 4) is 22.4 Å². The molecule has 8 nitrogen and oxygen atoms in total. The predicted molar refractivity (Wildman–Crippen MR) is 126 cm³/mol. The molecular formula is C25H18N8. The Hall–Kier alpha value is -4.46. The van der Waals surface area contributed by atoms with Gasteiger partial charge in [0.25, 0.3) is 0 Å². The third kappa shape index (κ3) is 2.91. The molecule has 1 fully saturated rings. The first-order valence-electron chi connectivity index (χ1n) is 10.8. The summed E-state index contributed by atoms with van der Waals surface area (Å²) in [5.74, 6) is 0.732. The number of hydrogen-bond acceptors (Lipinski definition) is 7. The second-order valence-electron chi connectivity index (χ2n) is 8.36. The van der Waals surface area contributed by atoms with Crippen molar-refractivity contribution in [1.82, 2.24) is 29.9 Å². The third-order valence-electron chi connectivity index (χ3n) is 6.07. The molecule has 0 amide bonds. The topological polar surface area (TPSA) is 95.6 Å². The molecule has 0 spiro atoms. The SMILES string of the molecule is Cc1cncc(-c2cc3c(cn2)N2CC2N=C3c2nc3c(-c4cccnc4)cncc3[nH]2)c1. The highest BCUT2D eigenvalue weighted by Gasteiger charge is 2.41. The van der Waals surface area contributed by atoms with Crippen LogP contribution in [0.1, 0.15) is 17.0 Å². The minimum atomic E-state index is 0.143. The number of rotatable bonds is 3. The average molecular weight is 430 g/mol. The van der Waals surface area contributed by atoms with Crippen molar-refractivity contribution in [2.75, 3.05) is 11.4 Å². The van der Waals surface area contributed by atoms with E-state index in [1.54, 1.807) is 12.4 Å². The molecule has 5 aromatic heterocycles. The van der Waals surface area contributed by atoms with Crippen molar-refractivity contribution in [2.24, 2.45) is 4.99 Å². The van der Waals surface area contributed by atoms with E-state index in [2.05, 4.69) is 37.0 Å². The maximum Gasteiger partial charge on any atom is 0.157 e. The van der Waals surface area contributed by atoms with Crippen LogP contribution in [0.4, 0.5) is 5.69 Å². The molecule has 0 radical (unpaired) electrons. The number of anilines is 1. The molecule has 0 aliphatic carbocycles. The third-order valence-corrected chi connectivity index (χ3v) is 6.07.